The Morgan fingerprint density at radius 2 is 1.71 bits per heavy atom. The normalized spacial score (nSPS) is 11.3. The quantitative estimate of drug-likeness (QED) is 0.675. The van der Waals surface area contributed by atoms with E-state index in [2.05, 4.69) is 0 Å². The third kappa shape index (κ3) is 5.75. The van der Waals surface area contributed by atoms with Gasteiger partial charge in [0.25, 0.3) is 0 Å². The fraction of sp³-hybridized carbons (Fsp3) is 0.462. The summed E-state index contributed by atoms with van der Waals surface area (Å²) in [6.45, 7) is 3.43. The average Bonchev–Trinajstić information content (AvgIpc) is 2.38. The summed E-state index contributed by atoms with van der Waals surface area (Å²) in [5.41, 5.74) is 0.509. The summed E-state index contributed by atoms with van der Waals surface area (Å²) in [7, 11) is -3.41. The summed E-state index contributed by atoms with van der Waals surface area (Å²) < 4.78 is 22.9. The van der Waals surface area contributed by atoms with Gasteiger partial charge in [-0.1, -0.05) is 0 Å². The summed E-state index contributed by atoms with van der Waals surface area (Å²) in [5.74, 6) is -1.01. The van der Waals surface area contributed by atoms with Crippen LogP contribution in [0.25, 0.3) is 0 Å². The van der Waals surface area contributed by atoms with E-state index < -0.39 is 13.6 Å². The number of carboxylic acid groups (broad SMARTS) is 1. The van der Waals surface area contributed by atoms with Crippen molar-refractivity contribution in [2.45, 2.75) is 13.8 Å². The molecule has 0 atom stereocenters. The Hall–Kier alpha value is -1.56. The van der Waals surface area contributed by atoms with Crippen molar-refractivity contribution in [3.05, 3.63) is 24.3 Å². The third-order valence-corrected chi connectivity index (χ3v) is 4.53. The molecular formula is C13H20NO6P. The van der Waals surface area contributed by atoms with E-state index in [1.807, 2.05) is 0 Å². The van der Waals surface area contributed by atoms with E-state index in [0.717, 1.165) is 0 Å². The molecule has 118 valence electrons. The van der Waals surface area contributed by atoms with Crippen LogP contribution in [0.2, 0.25) is 0 Å². The fourth-order valence-corrected chi connectivity index (χ4v) is 3.48. The van der Waals surface area contributed by atoms with Crippen LogP contribution >= 0.6 is 7.60 Å². The number of aromatic hydroxyl groups is 1. The number of hydrogen-bond acceptors (Lipinski definition) is 6. The molecule has 1 aromatic carbocycles. The summed E-state index contributed by atoms with van der Waals surface area (Å²) >= 11 is 0. The smallest absolute Gasteiger partial charge is 0.349 e. The molecule has 1 rings (SSSR count). The van der Waals surface area contributed by atoms with Gasteiger partial charge in [0.1, 0.15) is 18.6 Å². The molecule has 7 nitrogen and oxygen atoms in total. The zero-order valence-electron chi connectivity index (χ0n) is 12.1. The first-order valence-electron chi connectivity index (χ1n) is 6.54. The number of aliphatic carboxylic acids is 1. The van der Waals surface area contributed by atoms with Crippen LogP contribution in [0.5, 0.6) is 5.75 Å². The van der Waals surface area contributed by atoms with E-state index in [1.54, 1.807) is 26.0 Å². The van der Waals surface area contributed by atoms with Crippen LogP contribution in [0.4, 0.5) is 5.69 Å². The molecule has 8 heteroatoms. The van der Waals surface area contributed by atoms with Gasteiger partial charge in [-0.3, -0.25) is 9.36 Å². The lowest BCUT2D eigenvalue weighted by Crippen LogP contribution is -2.31. The van der Waals surface area contributed by atoms with Gasteiger partial charge in [-0.15, -0.1) is 0 Å². The van der Waals surface area contributed by atoms with E-state index in [0.29, 0.717) is 5.69 Å². The topological polar surface area (TPSA) is 96.3 Å². The van der Waals surface area contributed by atoms with Crippen LogP contribution in [0.15, 0.2) is 24.3 Å². The van der Waals surface area contributed by atoms with Gasteiger partial charge in [0.2, 0.25) is 0 Å². The van der Waals surface area contributed by atoms with Gasteiger partial charge < -0.3 is 24.2 Å². The SMILES string of the molecule is CCOP(=O)(CN(CC(=O)O)c1ccc(O)cc1)OCC. The van der Waals surface area contributed by atoms with Crippen molar-refractivity contribution < 1.29 is 28.6 Å². The summed E-state index contributed by atoms with van der Waals surface area (Å²) in [5, 5.41) is 18.3. The van der Waals surface area contributed by atoms with Gasteiger partial charge in [0.15, 0.2) is 0 Å². The molecular weight excluding hydrogens is 297 g/mol. The molecule has 0 aliphatic carbocycles. The lowest BCUT2D eigenvalue weighted by atomic mass is 10.3. The number of rotatable bonds is 9. The molecule has 0 aliphatic rings. The Labute approximate surface area is 123 Å². The molecule has 0 bridgehead atoms. The maximum absolute atomic E-state index is 12.5. The molecule has 1 aromatic rings. The van der Waals surface area contributed by atoms with E-state index in [4.69, 9.17) is 14.2 Å². The lowest BCUT2D eigenvalue weighted by Gasteiger charge is -2.27. The molecule has 21 heavy (non-hydrogen) atoms. The predicted octanol–water partition coefficient (Wildman–Crippen LogP) is 2.51. The van der Waals surface area contributed by atoms with Crippen molar-refractivity contribution >= 4 is 19.3 Å². The molecule has 0 radical (unpaired) electrons. The molecule has 0 saturated carbocycles. The molecule has 0 unspecified atom stereocenters. The van der Waals surface area contributed by atoms with E-state index in [1.165, 1.54) is 17.0 Å². The molecule has 0 saturated heterocycles. The molecule has 2 N–H and O–H groups in total. The van der Waals surface area contributed by atoms with Crippen LogP contribution < -0.4 is 4.90 Å². The zero-order valence-corrected chi connectivity index (χ0v) is 13.0. The van der Waals surface area contributed by atoms with Gasteiger partial charge in [-0.2, -0.15) is 0 Å². The number of benzene rings is 1. The van der Waals surface area contributed by atoms with Crippen LogP contribution in [0, 0.1) is 0 Å². The molecule has 0 aromatic heterocycles. The van der Waals surface area contributed by atoms with Crippen LogP contribution in [0.1, 0.15) is 13.8 Å². The van der Waals surface area contributed by atoms with Gasteiger partial charge >= 0.3 is 13.6 Å². The highest BCUT2D eigenvalue weighted by Crippen LogP contribution is 2.49. The van der Waals surface area contributed by atoms with Crippen LogP contribution in [-0.4, -0.2) is 42.2 Å². The maximum Gasteiger partial charge on any atom is 0.349 e. The largest absolute Gasteiger partial charge is 0.508 e. The van der Waals surface area contributed by atoms with Gasteiger partial charge in [0.05, 0.1) is 13.2 Å². The first-order chi connectivity index (χ1) is 9.90. The number of anilines is 1. The fourth-order valence-electron chi connectivity index (χ4n) is 1.77. The minimum atomic E-state index is -3.41. The van der Waals surface area contributed by atoms with Crippen molar-refractivity contribution in [3.63, 3.8) is 0 Å². The summed E-state index contributed by atoms with van der Waals surface area (Å²) in [4.78, 5) is 12.4. The van der Waals surface area contributed by atoms with Crippen molar-refractivity contribution in [2.24, 2.45) is 0 Å². The number of phenols is 1. The van der Waals surface area contributed by atoms with Crippen molar-refractivity contribution in [1.82, 2.24) is 0 Å². The Kier molecular flexibility index (Phi) is 6.68. The van der Waals surface area contributed by atoms with E-state index in [9.17, 15) is 14.5 Å². The number of carboxylic acids is 1. The molecule has 0 spiro atoms. The van der Waals surface area contributed by atoms with E-state index >= 15 is 0 Å². The molecule has 0 aliphatic heterocycles. The Morgan fingerprint density at radius 1 is 1.19 bits per heavy atom. The standard InChI is InChI=1S/C13H20NO6P/c1-3-19-21(18,20-4-2)10-14(9-13(16)17)11-5-7-12(15)8-6-11/h5-8,15H,3-4,9-10H2,1-2H3,(H,16,17). The predicted molar refractivity (Wildman–Crippen MR) is 78.8 cm³/mol. The average molecular weight is 317 g/mol. The number of phenolic OH excluding ortho intramolecular Hbond substituents is 1. The van der Waals surface area contributed by atoms with Gasteiger partial charge in [0, 0.05) is 5.69 Å². The minimum absolute atomic E-state index is 0.0619. The first-order valence-corrected chi connectivity index (χ1v) is 8.27. The number of carbonyl (C=O) groups is 1. The zero-order chi connectivity index (χ0) is 15.9. The number of nitrogens with zero attached hydrogens (tertiary/aromatic N) is 1. The second-order valence-electron chi connectivity index (χ2n) is 4.20. The Bertz CT molecular complexity index is 494. The minimum Gasteiger partial charge on any atom is -0.508 e. The van der Waals surface area contributed by atoms with E-state index in [-0.39, 0.29) is 31.8 Å². The van der Waals surface area contributed by atoms with Crippen molar-refractivity contribution in [3.8, 4) is 5.75 Å². The molecule has 0 heterocycles. The second kappa shape index (κ2) is 8.02. The molecule has 0 amide bonds. The highest BCUT2D eigenvalue weighted by Gasteiger charge is 2.28. The van der Waals surface area contributed by atoms with Gasteiger partial charge in [-0.05, 0) is 38.1 Å². The van der Waals surface area contributed by atoms with Crippen molar-refractivity contribution in [1.29, 1.82) is 0 Å². The monoisotopic (exact) mass is 317 g/mol. The first kappa shape index (κ1) is 17.5. The second-order valence-corrected chi connectivity index (χ2v) is 6.22. The Balaban J connectivity index is 2.98. The van der Waals surface area contributed by atoms with Crippen molar-refractivity contribution in [2.75, 3.05) is 30.9 Å². The third-order valence-electron chi connectivity index (χ3n) is 2.54. The summed E-state index contributed by atoms with van der Waals surface area (Å²) in [6, 6.07) is 5.94. The highest BCUT2D eigenvalue weighted by molar-refractivity contribution is 7.54. The summed E-state index contributed by atoms with van der Waals surface area (Å²) in [6.07, 6.45) is -0.175. The lowest BCUT2D eigenvalue weighted by molar-refractivity contribution is -0.135. The molecule has 0 fully saturated rings. The highest BCUT2D eigenvalue weighted by atomic mass is 31.2. The van der Waals surface area contributed by atoms with Gasteiger partial charge in [-0.25, -0.2) is 0 Å². The van der Waals surface area contributed by atoms with Crippen LogP contribution in [-0.2, 0) is 18.4 Å². The maximum atomic E-state index is 12.5. The number of hydrogen-bond donors (Lipinski definition) is 2. The Morgan fingerprint density at radius 3 is 2.14 bits per heavy atom. The van der Waals surface area contributed by atoms with Crippen LogP contribution in [0.3, 0.4) is 0 Å².